The molecule has 0 atom stereocenters. The van der Waals surface area contributed by atoms with Crippen molar-refractivity contribution in [1.29, 1.82) is 0 Å². The number of benzene rings is 1. The van der Waals surface area contributed by atoms with Crippen molar-refractivity contribution < 1.29 is 9.13 Å². The van der Waals surface area contributed by atoms with Crippen LogP contribution in [-0.2, 0) is 17.8 Å². The number of nitrogens with two attached hydrogens (primary N) is 1. The summed E-state index contributed by atoms with van der Waals surface area (Å²) in [7, 11) is 0. The second kappa shape index (κ2) is 5.32. The van der Waals surface area contributed by atoms with Gasteiger partial charge in [-0.05, 0) is 12.1 Å². The lowest BCUT2D eigenvalue weighted by molar-refractivity contribution is 0.109. The van der Waals surface area contributed by atoms with Crippen molar-refractivity contribution in [3.63, 3.8) is 0 Å². The Morgan fingerprint density at radius 3 is 3.00 bits per heavy atom. The van der Waals surface area contributed by atoms with Crippen molar-refractivity contribution in [3.8, 4) is 11.4 Å². The highest BCUT2D eigenvalue weighted by atomic mass is 35.5. The van der Waals surface area contributed by atoms with Crippen LogP contribution in [0.5, 0.6) is 0 Å². The summed E-state index contributed by atoms with van der Waals surface area (Å²) in [6, 6.07) is 4.72. The second-order valence-corrected chi connectivity index (χ2v) is 4.78. The summed E-state index contributed by atoms with van der Waals surface area (Å²) >= 11 is 5.79. The molecule has 3 N–H and O–H groups in total. The maximum Gasteiger partial charge on any atom is 0.164 e. The summed E-state index contributed by atoms with van der Waals surface area (Å²) in [5.41, 5.74) is 4.39. The number of hydrogen-bond donors (Lipinski definition) is 2. The number of halogens is 2. The summed E-state index contributed by atoms with van der Waals surface area (Å²) in [4.78, 5) is 8.66. The molecule has 0 saturated heterocycles. The van der Waals surface area contributed by atoms with Gasteiger partial charge in [0.25, 0.3) is 0 Å². The number of hydrogen-bond acceptors (Lipinski definition) is 5. The molecule has 0 amide bonds. The first-order valence-electron chi connectivity index (χ1n) is 6.09. The first-order chi connectivity index (χ1) is 9.70. The van der Waals surface area contributed by atoms with Crippen molar-refractivity contribution in [2.45, 2.75) is 13.0 Å². The molecule has 0 aliphatic carbocycles. The Bertz CT molecular complexity index is 648. The van der Waals surface area contributed by atoms with Crippen molar-refractivity contribution in [2.24, 2.45) is 5.84 Å². The van der Waals surface area contributed by atoms with E-state index in [1.807, 2.05) is 0 Å². The molecule has 0 unspecified atom stereocenters. The third-order valence-corrected chi connectivity index (χ3v) is 3.44. The van der Waals surface area contributed by atoms with Crippen LogP contribution in [0.4, 0.5) is 10.2 Å². The van der Waals surface area contributed by atoms with Crippen molar-refractivity contribution in [1.82, 2.24) is 9.97 Å². The molecule has 0 spiro atoms. The normalized spacial score (nSPS) is 13.9. The molecule has 5 nitrogen and oxygen atoms in total. The largest absolute Gasteiger partial charge is 0.376 e. The minimum Gasteiger partial charge on any atom is -0.376 e. The van der Waals surface area contributed by atoms with Gasteiger partial charge in [0.05, 0.1) is 29.5 Å². The van der Waals surface area contributed by atoms with Crippen molar-refractivity contribution in [2.75, 3.05) is 12.0 Å². The van der Waals surface area contributed by atoms with E-state index in [-0.39, 0.29) is 16.4 Å². The minimum atomic E-state index is -0.538. The molecular weight excluding hydrogens is 283 g/mol. The molecule has 1 aromatic carbocycles. The zero-order chi connectivity index (χ0) is 14.1. The third-order valence-electron chi connectivity index (χ3n) is 3.15. The monoisotopic (exact) mass is 294 g/mol. The average Bonchev–Trinajstić information content (AvgIpc) is 2.49. The van der Waals surface area contributed by atoms with Gasteiger partial charge < -0.3 is 10.2 Å². The van der Waals surface area contributed by atoms with E-state index in [1.54, 1.807) is 12.1 Å². The SMILES string of the molecule is NNc1nc(-c2cccc(Cl)c2F)nc2c1COCC2. The molecule has 0 saturated carbocycles. The van der Waals surface area contributed by atoms with E-state index in [9.17, 15) is 4.39 Å². The minimum absolute atomic E-state index is 0.0365. The van der Waals surface area contributed by atoms with E-state index in [2.05, 4.69) is 15.4 Å². The van der Waals surface area contributed by atoms with E-state index in [0.717, 1.165) is 11.3 Å². The van der Waals surface area contributed by atoms with Crippen LogP contribution in [0.15, 0.2) is 18.2 Å². The number of nitrogens with zero attached hydrogens (tertiary/aromatic N) is 2. The highest BCUT2D eigenvalue weighted by Gasteiger charge is 2.20. The third kappa shape index (κ3) is 2.22. The fourth-order valence-electron chi connectivity index (χ4n) is 2.15. The number of anilines is 1. The molecule has 0 fully saturated rings. The van der Waals surface area contributed by atoms with Crippen LogP contribution in [0.25, 0.3) is 11.4 Å². The van der Waals surface area contributed by atoms with Crippen molar-refractivity contribution >= 4 is 17.4 Å². The van der Waals surface area contributed by atoms with Gasteiger partial charge >= 0.3 is 0 Å². The Morgan fingerprint density at radius 1 is 1.35 bits per heavy atom. The summed E-state index contributed by atoms with van der Waals surface area (Å²) in [5.74, 6) is 5.65. The maximum absolute atomic E-state index is 14.1. The Morgan fingerprint density at radius 2 is 2.20 bits per heavy atom. The van der Waals surface area contributed by atoms with Crippen LogP contribution in [0.2, 0.25) is 5.02 Å². The molecular formula is C13H12ClFN4O. The van der Waals surface area contributed by atoms with Gasteiger partial charge in [0.1, 0.15) is 5.82 Å². The molecule has 0 radical (unpaired) electrons. The lowest BCUT2D eigenvalue weighted by atomic mass is 10.1. The lowest BCUT2D eigenvalue weighted by Gasteiger charge is -2.19. The second-order valence-electron chi connectivity index (χ2n) is 4.37. The number of fused-ring (bicyclic) bond motifs is 1. The van der Waals surface area contributed by atoms with Crippen LogP contribution in [-0.4, -0.2) is 16.6 Å². The predicted molar refractivity (Wildman–Crippen MR) is 73.6 cm³/mol. The Labute approximate surface area is 119 Å². The number of nitrogens with one attached hydrogen (secondary N) is 1. The Kier molecular flexibility index (Phi) is 3.52. The highest BCUT2D eigenvalue weighted by molar-refractivity contribution is 6.31. The van der Waals surface area contributed by atoms with Gasteiger partial charge in [0.15, 0.2) is 11.6 Å². The van der Waals surface area contributed by atoms with Crippen LogP contribution in [0.3, 0.4) is 0 Å². The summed E-state index contributed by atoms with van der Waals surface area (Å²) in [6.45, 7) is 0.971. The van der Waals surface area contributed by atoms with Crippen LogP contribution in [0, 0.1) is 5.82 Å². The van der Waals surface area contributed by atoms with Crippen LogP contribution >= 0.6 is 11.6 Å². The quantitative estimate of drug-likeness (QED) is 0.657. The first kappa shape index (κ1) is 13.2. The number of ether oxygens (including phenoxy) is 1. The predicted octanol–water partition coefficient (Wildman–Crippen LogP) is 2.29. The fraction of sp³-hybridized carbons (Fsp3) is 0.231. The molecule has 3 rings (SSSR count). The Balaban J connectivity index is 2.17. The smallest absolute Gasteiger partial charge is 0.164 e. The lowest BCUT2D eigenvalue weighted by Crippen LogP contribution is -2.19. The van der Waals surface area contributed by atoms with E-state index >= 15 is 0 Å². The van der Waals surface area contributed by atoms with Crippen LogP contribution < -0.4 is 11.3 Å². The fourth-order valence-corrected chi connectivity index (χ4v) is 2.32. The molecule has 1 aliphatic rings. The van der Waals surface area contributed by atoms with E-state index in [1.165, 1.54) is 6.07 Å². The maximum atomic E-state index is 14.1. The number of rotatable bonds is 2. The number of hydrazine groups is 1. The molecule has 0 bridgehead atoms. The molecule has 20 heavy (non-hydrogen) atoms. The van der Waals surface area contributed by atoms with Gasteiger partial charge in [-0.15, -0.1) is 0 Å². The molecule has 2 heterocycles. The van der Waals surface area contributed by atoms with Crippen LogP contribution in [0.1, 0.15) is 11.3 Å². The van der Waals surface area contributed by atoms with E-state index in [0.29, 0.717) is 25.5 Å². The zero-order valence-electron chi connectivity index (χ0n) is 10.5. The topological polar surface area (TPSA) is 73.1 Å². The van der Waals surface area contributed by atoms with Crippen molar-refractivity contribution in [3.05, 3.63) is 40.3 Å². The highest BCUT2D eigenvalue weighted by Crippen LogP contribution is 2.29. The molecule has 1 aromatic heterocycles. The average molecular weight is 295 g/mol. The molecule has 1 aliphatic heterocycles. The summed E-state index contributed by atoms with van der Waals surface area (Å²) in [6.07, 6.45) is 0.641. The van der Waals surface area contributed by atoms with Gasteiger partial charge in [-0.1, -0.05) is 17.7 Å². The Hall–Kier alpha value is -1.76. The molecule has 7 heteroatoms. The molecule has 104 valence electrons. The standard InChI is InChI=1S/C13H12ClFN4O/c14-9-3-1-2-7(11(9)15)12-17-10-4-5-20-6-8(10)13(18-12)19-16/h1-3H,4-6,16H2,(H,17,18,19). The van der Waals surface area contributed by atoms with Gasteiger partial charge in [-0.3, -0.25) is 0 Å². The summed E-state index contributed by atoms with van der Waals surface area (Å²) < 4.78 is 19.4. The van der Waals surface area contributed by atoms with E-state index < -0.39 is 5.82 Å². The first-order valence-corrected chi connectivity index (χ1v) is 6.47. The van der Waals surface area contributed by atoms with E-state index in [4.69, 9.17) is 22.2 Å². The zero-order valence-corrected chi connectivity index (χ0v) is 11.2. The molecule has 2 aromatic rings. The van der Waals surface area contributed by atoms with Gasteiger partial charge in [0.2, 0.25) is 0 Å². The van der Waals surface area contributed by atoms with Gasteiger partial charge in [-0.2, -0.15) is 0 Å². The van der Waals surface area contributed by atoms with Gasteiger partial charge in [-0.25, -0.2) is 20.2 Å². The number of aromatic nitrogens is 2. The van der Waals surface area contributed by atoms with Gasteiger partial charge in [0, 0.05) is 12.0 Å². The number of nitrogen functional groups attached to an aromatic ring is 1. The summed E-state index contributed by atoms with van der Waals surface area (Å²) in [5, 5.41) is 0.0365.